The van der Waals surface area contributed by atoms with Gasteiger partial charge in [-0.3, -0.25) is 9.69 Å². The zero-order valence-electron chi connectivity index (χ0n) is 18.6. The van der Waals surface area contributed by atoms with E-state index in [4.69, 9.17) is 9.40 Å². The fraction of sp³-hybridized carbons (Fsp3) is 0.500. The Kier molecular flexibility index (Phi) is 5.73. The SMILES string of the molecule is Cc1ccc2c(C)c(C(=O)N3CCCN(Cc4csc(C(C)(C)C)n4)CC3)oc2c1. The van der Waals surface area contributed by atoms with E-state index in [-0.39, 0.29) is 11.3 Å². The second-order valence-corrected chi connectivity index (χ2v) is 10.2. The molecule has 1 aliphatic rings. The van der Waals surface area contributed by atoms with Crippen LogP contribution in [0.15, 0.2) is 28.0 Å². The number of carbonyl (C=O) groups excluding carboxylic acids is 1. The van der Waals surface area contributed by atoms with E-state index in [2.05, 4.69) is 37.1 Å². The van der Waals surface area contributed by atoms with Gasteiger partial charge in [0.15, 0.2) is 5.76 Å². The minimum Gasteiger partial charge on any atom is -0.451 e. The molecule has 0 bridgehead atoms. The third-order valence-corrected chi connectivity index (χ3v) is 7.06. The minimum absolute atomic E-state index is 0.00637. The molecule has 30 heavy (non-hydrogen) atoms. The van der Waals surface area contributed by atoms with Crippen molar-refractivity contribution in [2.45, 2.75) is 53.0 Å². The van der Waals surface area contributed by atoms with Gasteiger partial charge in [0.1, 0.15) is 5.58 Å². The molecule has 0 spiro atoms. The van der Waals surface area contributed by atoms with Crippen molar-refractivity contribution in [3.05, 3.63) is 51.2 Å². The first-order valence-electron chi connectivity index (χ1n) is 10.7. The first kappa shape index (κ1) is 21.1. The van der Waals surface area contributed by atoms with Gasteiger partial charge in [0.25, 0.3) is 5.91 Å². The van der Waals surface area contributed by atoms with Crippen LogP contribution in [0.3, 0.4) is 0 Å². The normalized spacial score (nSPS) is 16.2. The van der Waals surface area contributed by atoms with Crippen molar-refractivity contribution in [3.63, 3.8) is 0 Å². The molecule has 0 unspecified atom stereocenters. The first-order valence-corrected chi connectivity index (χ1v) is 11.6. The fourth-order valence-electron chi connectivity index (χ4n) is 3.97. The number of benzene rings is 1. The average Bonchev–Trinajstić information content (AvgIpc) is 3.20. The van der Waals surface area contributed by atoms with Crippen LogP contribution in [0, 0.1) is 13.8 Å². The lowest BCUT2D eigenvalue weighted by atomic mass is 9.98. The summed E-state index contributed by atoms with van der Waals surface area (Å²) < 4.78 is 5.98. The van der Waals surface area contributed by atoms with Crippen molar-refractivity contribution < 1.29 is 9.21 Å². The van der Waals surface area contributed by atoms with E-state index < -0.39 is 0 Å². The highest BCUT2D eigenvalue weighted by atomic mass is 32.1. The molecule has 0 aliphatic carbocycles. The Labute approximate surface area is 182 Å². The van der Waals surface area contributed by atoms with E-state index in [1.807, 2.05) is 30.9 Å². The van der Waals surface area contributed by atoms with Crippen LogP contribution in [0.25, 0.3) is 11.0 Å². The molecule has 1 aliphatic heterocycles. The summed E-state index contributed by atoms with van der Waals surface area (Å²) >= 11 is 1.74. The Morgan fingerprint density at radius 2 is 1.97 bits per heavy atom. The van der Waals surface area contributed by atoms with Gasteiger partial charge in [0, 0.05) is 54.5 Å². The number of nitrogens with zero attached hydrogens (tertiary/aromatic N) is 3. The van der Waals surface area contributed by atoms with Gasteiger partial charge in [0.05, 0.1) is 10.7 Å². The van der Waals surface area contributed by atoms with Crippen molar-refractivity contribution in [2.24, 2.45) is 0 Å². The number of hydrogen-bond donors (Lipinski definition) is 0. The largest absolute Gasteiger partial charge is 0.451 e. The quantitative estimate of drug-likeness (QED) is 0.582. The maximum Gasteiger partial charge on any atom is 0.289 e. The van der Waals surface area contributed by atoms with Crippen LogP contribution in [0.1, 0.15) is 59.6 Å². The lowest BCUT2D eigenvalue weighted by Gasteiger charge is -2.21. The number of amides is 1. The van der Waals surface area contributed by atoms with Gasteiger partial charge in [-0.2, -0.15) is 0 Å². The van der Waals surface area contributed by atoms with Gasteiger partial charge in [0.2, 0.25) is 0 Å². The van der Waals surface area contributed by atoms with Crippen LogP contribution in [0.2, 0.25) is 0 Å². The molecule has 6 heteroatoms. The third kappa shape index (κ3) is 4.30. The van der Waals surface area contributed by atoms with Crippen LogP contribution in [-0.2, 0) is 12.0 Å². The van der Waals surface area contributed by atoms with E-state index in [0.717, 1.165) is 60.4 Å². The molecule has 2 aromatic heterocycles. The Balaban J connectivity index is 1.43. The number of carbonyl (C=O) groups is 1. The summed E-state index contributed by atoms with van der Waals surface area (Å²) in [4.78, 5) is 22.4. The van der Waals surface area contributed by atoms with Crippen LogP contribution in [-0.4, -0.2) is 46.9 Å². The molecule has 0 saturated carbocycles. The van der Waals surface area contributed by atoms with Gasteiger partial charge in [-0.05, 0) is 31.9 Å². The first-order chi connectivity index (χ1) is 14.2. The Bertz CT molecular complexity index is 1060. The predicted octanol–water partition coefficient (Wildman–Crippen LogP) is 5.15. The summed E-state index contributed by atoms with van der Waals surface area (Å²) in [6.45, 7) is 14.8. The molecule has 3 heterocycles. The maximum absolute atomic E-state index is 13.2. The third-order valence-electron chi connectivity index (χ3n) is 5.74. The minimum atomic E-state index is 0.00637. The van der Waals surface area contributed by atoms with Crippen LogP contribution >= 0.6 is 11.3 Å². The van der Waals surface area contributed by atoms with E-state index in [0.29, 0.717) is 12.3 Å². The van der Waals surface area contributed by atoms with Crippen molar-refractivity contribution >= 4 is 28.2 Å². The van der Waals surface area contributed by atoms with Crippen LogP contribution < -0.4 is 0 Å². The number of thiazole rings is 1. The Hall–Kier alpha value is -2.18. The number of rotatable bonds is 3. The van der Waals surface area contributed by atoms with E-state index >= 15 is 0 Å². The topological polar surface area (TPSA) is 49.6 Å². The molecule has 0 N–H and O–H groups in total. The molecule has 160 valence electrons. The Morgan fingerprint density at radius 1 is 1.17 bits per heavy atom. The number of aryl methyl sites for hydroxylation is 2. The smallest absolute Gasteiger partial charge is 0.289 e. The summed E-state index contributed by atoms with van der Waals surface area (Å²) in [5.74, 6) is 0.491. The lowest BCUT2D eigenvalue weighted by Crippen LogP contribution is -2.35. The molecule has 0 radical (unpaired) electrons. The van der Waals surface area contributed by atoms with E-state index in [1.165, 1.54) is 5.01 Å². The van der Waals surface area contributed by atoms with Gasteiger partial charge in [-0.25, -0.2) is 4.98 Å². The molecule has 1 fully saturated rings. The molecular formula is C24H31N3O2S. The van der Waals surface area contributed by atoms with E-state index in [9.17, 15) is 4.79 Å². The van der Waals surface area contributed by atoms with Crippen LogP contribution in [0.5, 0.6) is 0 Å². The number of fused-ring (bicyclic) bond motifs is 1. The summed E-state index contributed by atoms with van der Waals surface area (Å²) in [5, 5.41) is 4.38. The molecule has 4 rings (SSSR count). The van der Waals surface area contributed by atoms with Crippen molar-refractivity contribution in [1.82, 2.24) is 14.8 Å². The molecule has 0 atom stereocenters. The number of aromatic nitrogens is 1. The van der Waals surface area contributed by atoms with E-state index in [1.54, 1.807) is 11.3 Å². The molecule has 3 aromatic rings. The predicted molar refractivity (Wildman–Crippen MR) is 122 cm³/mol. The molecule has 1 amide bonds. The van der Waals surface area contributed by atoms with Gasteiger partial charge in [-0.15, -0.1) is 11.3 Å². The van der Waals surface area contributed by atoms with Gasteiger partial charge in [-0.1, -0.05) is 32.9 Å². The second kappa shape index (κ2) is 8.16. The van der Waals surface area contributed by atoms with Crippen molar-refractivity contribution in [3.8, 4) is 0 Å². The lowest BCUT2D eigenvalue weighted by molar-refractivity contribution is 0.0730. The molecule has 1 aromatic carbocycles. The molecule has 1 saturated heterocycles. The monoisotopic (exact) mass is 425 g/mol. The second-order valence-electron chi connectivity index (χ2n) is 9.37. The fourth-order valence-corrected chi connectivity index (χ4v) is 4.86. The number of hydrogen-bond acceptors (Lipinski definition) is 5. The maximum atomic E-state index is 13.2. The van der Waals surface area contributed by atoms with Crippen molar-refractivity contribution in [2.75, 3.05) is 26.2 Å². The zero-order valence-corrected chi connectivity index (χ0v) is 19.4. The van der Waals surface area contributed by atoms with Crippen LogP contribution in [0.4, 0.5) is 0 Å². The average molecular weight is 426 g/mol. The highest BCUT2D eigenvalue weighted by Gasteiger charge is 2.26. The standard InChI is InChI=1S/C24H31N3O2S/c1-16-7-8-19-17(2)21(29-20(19)13-16)22(28)27-10-6-9-26(11-12-27)14-18-15-30-23(25-18)24(3,4)5/h7-8,13,15H,6,9-12,14H2,1-5H3. The zero-order chi connectivity index (χ0) is 21.5. The summed E-state index contributed by atoms with van der Waals surface area (Å²) in [5.41, 5.74) is 4.10. The Morgan fingerprint density at radius 3 is 2.70 bits per heavy atom. The van der Waals surface area contributed by atoms with Crippen molar-refractivity contribution in [1.29, 1.82) is 0 Å². The van der Waals surface area contributed by atoms with Gasteiger partial charge < -0.3 is 9.32 Å². The van der Waals surface area contributed by atoms with Gasteiger partial charge >= 0.3 is 0 Å². The molecular weight excluding hydrogens is 394 g/mol. The summed E-state index contributed by atoms with van der Waals surface area (Å²) in [6, 6.07) is 6.11. The molecule has 5 nitrogen and oxygen atoms in total. The highest BCUT2D eigenvalue weighted by Crippen LogP contribution is 2.28. The summed E-state index contributed by atoms with van der Waals surface area (Å²) in [7, 11) is 0. The highest BCUT2D eigenvalue weighted by molar-refractivity contribution is 7.09. The number of furan rings is 1. The summed E-state index contributed by atoms with van der Waals surface area (Å²) in [6.07, 6.45) is 0.959.